The molecule has 2 atom stereocenters. The highest BCUT2D eigenvalue weighted by atomic mass is 16.5. The van der Waals surface area contributed by atoms with Crippen molar-refractivity contribution in [2.75, 3.05) is 13.7 Å². The van der Waals surface area contributed by atoms with Crippen LogP contribution >= 0.6 is 0 Å². The average molecular weight is 226 g/mol. The van der Waals surface area contributed by atoms with Crippen LogP contribution in [0.15, 0.2) is 0 Å². The van der Waals surface area contributed by atoms with Crippen LogP contribution in [0.2, 0.25) is 0 Å². The minimum atomic E-state index is -0.197. The molecular formula is C8H14N6O2. The van der Waals surface area contributed by atoms with E-state index in [1.54, 1.807) is 7.11 Å². The van der Waals surface area contributed by atoms with Gasteiger partial charge in [0.2, 0.25) is 5.91 Å². The van der Waals surface area contributed by atoms with Crippen molar-refractivity contribution in [2.24, 2.45) is 0 Å². The number of amides is 1. The monoisotopic (exact) mass is 226 g/mol. The van der Waals surface area contributed by atoms with Gasteiger partial charge in [0.1, 0.15) is 0 Å². The fraction of sp³-hybridized carbons (Fsp3) is 0.750. The van der Waals surface area contributed by atoms with E-state index in [4.69, 9.17) is 4.74 Å². The standard InChI is InChI=1S/C8H14N6O2/c1-16-5-2-6(9-3-5)8(15)10-4-7-11-13-14-12-7/h5-6,9H,2-4H2,1H3,(H,10,15)(H,11,12,13,14). The van der Waals surface area contributed by atoms with Crippen LogP contribution in [0.5, 0.6) is 0 Å². The Morgan fingerprint density at radius 3 is 3.19 bits per heavy atom. The second kappa shape index (κ2) is 4.99. The largest absolute Gasteiger partial charge is 0.380 e. The van der Waals surface area contributed by atoms with E-state index >= 15 is 0 Å². The summed E-state index contributed by atoms with van der Waals surface area (Å²) in [4.78, 5) is 11.7. The number of carbonyl (C=O) groups is 1. The number of carbonyl (C=O) groups excluding carboxylic acids is 1. The van der Waals surface area contributed by atoms with E-state index in [1.165, 1.54) is 0 Å². The van der Waals surface area contributed by atoms with Crippen molar-refractivity contribution in [1.29, 1.82) is 0 Å². The Morgan fingerprint density at radius 1 is 1.69 bits per heavy atom. The van der Waals surface area contributed by atoms with Gasteiger partial charge in [0, 0.05) is 13.7 Å². The number of methoxy groups -OCH3 is 1. The molecule has 1 fully saturated rings. The Balaban J connectivity index is 1.76. The Morgan fingerprint density at radius 2 is 2.56 bits per heavy atom. The zero-order chi connectivity index (χ0) is 11.4. The molecule has 0 radical (unpaired) electrons. The van der Waals surface area contributed by atoms with E-state index in [-0.39, 0.29) is 24.6 Å². The molecule has 1 aromatic rings. The maximum absolute atomic E-state index is 11.7. The van der Waals surface area contributed by atoms with E-state index < -0.39 is 0 Å². The number of aromatic amines is 1. The molecule has 0 saturated carbocycles. The number of hydrogen-bond donors (Lipinski definition) is 3. The fourth-order valence-electron chi connectivity index (χ4n) is 1.63. The molecule has 8 heteroatoms. The summed E-state index contributed by atoms with van der Waals surface area (Å²) in [6.07, 6.45) is 0.801. The van der Waals surface area contributed by atoms with Crippen molar-refractivity contribution in [3.8, 4) is 0 Å². The number of aromatic nitrogens is 4. The van der Waals surface area contributed by atoms with E-state index in [0.29, 0.717) is 18.8 Å². The van der Waals surface area contributed by atoms with Crippen LogP contribution in [0.3, 0.4) is 0 Å². The molecule has 1 aromatic heterocycles. The molecule has 1 amide bonds. The number of rotatable bonds is 4. The summed E-state index contributed by atoms with van der Waals surface area (Å²) in [7, 11) is 1.64. The lowest BCUT2D eigenvalue weighted by Crippen LogP contribution is -2.40. The third kappa shape index (κ3) is 2.52. The lowest BCUT2D eigenvalue weighted by Gasteiger charge is -2.09. The number of tetrazole rings is 1. The van der Waals surface area contributed by atoms with Crippen molar-refractivity contribution in [1.82, 2.24) is 31.3 Å². The summed E-state index contributed by atoms with van der Waals surface area (Å²) in [5, 5.41) is 19.0. The van der Waals surface area contributed by atoms with Crippen LogP contribution < -0.4 is 10.6 Å². The predicted octanol–water partition coefficient (Wildman–Crippen LogP) is -1.81. The maximum Gasteiger partial charge on any atom is 0.237 e. The van der Waals surface area contributed by atoms with Crippen LogP contribution in [0.1, 0.15) is 12.2 Å². The predicted molar refractivity (Wildman–Crippen MR) is 53.2 cm³/mol. The van der Waals surface area contributed by atoms with Crippen LogP contribution in [-0.4, -0.2) is 52.3 Å². The van der Waals surface area contributed by atoms with Crippen molar-refractivity contribution in [3.05, 3.63) is 5.82 Å². The summed E-state index contributed by atoms with van der Waals surface area (Å²) >= 11 is 0. The van der Waals surface area contributed by atoms with Crippen LogP contribution in [0.25, 0.3) is 0 Å². The van der Waals surface area contributed by atoms with Gasteiger partial charge in [0.05, 0.1) is 18.7 Å². The first kappa shape index (κ1) is 11.0. The molecule has 1 aliphatic heterocycles. The quantitative estimate of drug-likeness (QED) is 0.559. The van der Waals surface area contributed by atoms with Crippen LogP contribution in [0, 0.1) is 0 Å². The Kier molecular flexibility index (Phi) is 3.42. The van der Waals surface area contributed by atoms with Crippen molar-refractivity contribution in [3.63, 3.8) is 0 Å². The third-order valence-corrected chi connectivity index (χ3v) is 2.55. The number of hydrogen-bond acceptors (Lipinski definition) is 6. The summed E-state index contributed by atoms with van der Waals surface area (Å²) in [6, 6.07) is -0.197. The SMILES string of the molecule is COC1CNC(C(=O)NCc2nn[nH]n2)C1. The Hall–Kier alpha value is -1.54. The van der Waals surface area contributed by atoms with Gasteiger partial charge in [-0.05, 0) is 6.42 Å². The number of nitrogens with one attached hydrogen (secondary N) is 3. The van der Waals surface area contributed by atoms with Gasteiger partial charge in [0.15, 0.2) is 5.82 Å². The van der Waals surface area contributed by atoms with E-state index in [9.17, 15) is 4.79 Å². The second-order valence-electron chi connectivity index (χ2n) is 3.60. The first-order valence-corrected chi connectivity index (χ1v) is 5.06. The van der Waals surface area contributed by atoms with Crippen LogP contribution in [-0.2, 0) is 16.1 Å². The molecule has 2 unspecified atom stereocenters. The van der Waals surface area contributed by atoms with Gasteiger partial charge in [-0.1, -0.05) is 5.21 Å². The third-order valence-electron chi connectivity index (χ3n) is 2.55. The summed E-state index contributed by atoms with van der Waals surface area (Å²) < 4.78 is 5.16. The molecule has 88 valence electrons. The zero-order valence-electron chi connectivity index (χ0n) is 8.93. The summed E-state index contributed by atoms with van der Waals surface area (Å²) in [6.45, 7) is 0.988. The molecule has 0 spiro atoms. The second-order valence-corrected chi connectivity index (χ2v) is 3.60. The first-order valence-electron chi connectivity index (χ1n) is 5.06. The molecule has 0 aromatic carbocycles. The maximum atomic E-state index is 11.7. The molecule has 0 aliphatic carbocycles. The van der Waals surface area contributed by atoms with Gasteiger partial charge in [-0.15, -0.1) is 10.2 Å². The minimum Gasteiger partial charge on any atom is -0.380 e. The fourth-order valence-corrected chi connectivity index (χ4v) is 1.63. The molecule has 16 heavy (non-hydrogen) atoms. The molecule has 3 N–H and O–H groups in total. The topological polar surface area (TPSA) is 105 Å². The van der Waals surface area contributed by atoms with Gasteiger partial charge < -0.3 is 15.4 Å². The highest BCUT2D eigenvalue weighted by molar-refractivity contribution is 5.82. The summed E-state index contributed by atoms with van der Waals surface area (Å²) in [5.74, 6) is 0.402. The van der Waals surface area contributed by atoms with Crippen molar-refractivity contribution >= 4 is 5.91 Å². The first-order chi connectivity index (χ1) is 7.79. The van der Waals surface area contributed by atoms with Crippen molar-refractivity contribution in [2.45, 2.75) is 25.1 Å². The van der Waals surface area contributed by atoms with E-state index in [2.05, 4.69) is 31.3 Å². The molecule has 0 bridgehead atoms. The number of H-pyrrole nitrogens is 1. The highest BCUT2D eigenvalue weighted by Gasteiger charge is 2.29. The number of nitrogens with zero attached hydrogens (tertiary/aromatic N) is 3. The Bertz CT molecular complexity index is 340. The van der Waals surface area contributed by atoms with Gasteiger partial charge in [-0.3, -0.25) is 4.79 Å². The van der Waals surface area contributed by atoms with Crippen molar-refractivity contribution < 1.29 is 9.53 Å². The minimum absolute atomic E-state index is 0.0654. The summed E-state index contributed by atoms with van der Waals surface area (Å²) in [5.41, 5.74) is 0. The molecule has 1 aliphatic rings. The molecule has 2 heterocycles. The smallest absolute Gasteiger partial charge is 0.237 e. The van der Waals surface area contributed by atoms with E-state index in [1.807, 2.05) is 0 Å². The normalized spacial score (nSPS) is 24.6. The Labute approximate surface area is 92.1 Å². The van der Waals surface area contributed by atoms with E-state index in [0.717, 1.165) is 0 Å². The lowest BCUT2D eigenvalue weighted by atomic mass is 10.2. The molecular weight excluding hydrogens is 212 g/mol. The van der Waals surface area contributed by atoms with Gasteiger partial charge in [0.25, 0.3) is 0 Å². The van der Waals surface area contributed by atoms with Crippen LogP contribution in [0.4, 0.5) is 0 Å². The number of ether oxygens (including phenoxy) is 1. The zero-order valence-corrected chi connectivity index (χ0v) is 8.93. The highest BCUT2D eigenvalue weighted by Crippen LogP contribution is 2.09. The molecule has 8 nitrogen and oxygen atoms in total. The van der Waals surface area contributed by atoms with Gasteiger partial charge in [-0.2, -0.15) is 5.21 Å². The lowest BCUT2D eigenvalue weighted by molar-refractivity contribution is -0.123. The van der Waals surface area contributed by atoms with Gasteiger partial charge >= 0.3 is 0 Å². The molecule has 2 rings (SSSR count). The average Bonchev–Trinajstić information content (AvgIpc) is 2.96. The van der Waals surface area contributed by atoms with Gasteiger partial charge in [-0.25, -0.2) is 0 Å². The molecule has 1 saturated heterocycles.